The van der Waals surface area contributed by atoms with Crippen molar-refractivity contribution in [2.75, 3.05) is 55.8 Å². The summed E-state index contributed by atoms with van der Waals surface area (Å²) in [6.45, 7) is 6.52. The molecule has 0 radical (unpaired) electrons. The van der Waals surface area contributed by atoms with E-state index in [1.807, 2.05) is 43.3 Å². The van der Waals surface area contributed by atoms with Crippen LogP contribution in [-0.2, 0) is 0 Å². The molecule has 0 spiro atoms. The number of carbonyl (C=O) groups excluding carboxylic acids is 2. The van der Waals surface area contributed by atoms with E-state index in [2.05, 4.69) is 31.2 Å². The SMILES string of the molecule is CCNC(=O)c1nc(Nc2ccc(OC)cc2)sc1NC(=O)c1ccc(NCCN2CCCC2)cc1. The number of methoxy groups -OCH3 is 1. The molecule has 1 fully saturated rings. The molecule has 1 aromatic heterocycles. The lowest BCUT2D eigenvalue weighted by Gasteiger charge is -2.15. The second-order valence-electron chi connectivity index (χ2n) is 8.42. The van der Waals surface area contributed by atoms with Gasteiger partial charge in [-0.05, 0) is 81.4 Å². The number of hydrogen-bond acceptors (Lipinski definition) is 8. The van der Waals surface area contributed by atoms with E-state index in [-0.39, 0.29) is 17.5 Å². The molecular formula is C26H32N6O3S. The van der Waals surface area contributed by atoms with Gasteiger partial charge in [0.05, 0.1) is 7.11 Å². The Labute approximate surface area is 215 Å². The summed E-state index contributed by atoms with van der Waals surface area (Å²) < 4.78 is 5.19. The Morgan fingerprint density at radius 2 is 1.69 bits per heavy atom. The minimum atomic E-state index is -0.343. The minimum absolute atomic E-state index is 0.173. The van der Waals surface area contributed by atoms with Crippen LogP contribution in [0.15, 0.2) is 48.5 Å². The number of aromatic nitrogens is 1. The van der Waals surface area contributed by atoms with Gasteiger partial charge in [-0.15, -0.1) is 0 Å². The fourth-order valence-corrected chi connectivity index (χ4v) is 4.81. The Balaban J connectivity index is 1.41. The highest BCUT2D eigenvalue weighted by molar-refractivity contribution is 7.20. The summed E-state index contributed by atoms with van der Waals surface area (Å²) in [7, 11) is 1.61. The van der Waals surface area contributed by atoms with Gasteiger partial charge in [-0.25, -0.2) is 4.98 Å². The topological polar surface area (TPSA) is 108 Å². The van der Waals surface area contributed by atoms with E-state index in [0.717, 1.165) is 30.2 Å². The molecule has 1 aliphatic heterocycles. The first-order valence-corrected chi connectivity index (χ1v) is 12.9. The number of nitrogens with zero attached hydrogens (tertiary/aromatic N) is 2. The van der Waals surface area contributed by atoms with Crippen LogP contribution in [0.1, 0.15) is 40.6 Å². The van der Waals surface area contributed by atoms with Crippen LogP contribution in [0.5, 0.6) is 5.75 Å². The van der Waals surface area contributed by atoms with E-state index in [1.165, 1.54) is 37.3 Å². The number of anilines is 4. The van der Waals surface area contributed by atoms with Gasteiger partial charge in [0.25, 0.3) is 11.8 Å². The van der Waals surface area contributed by atoms with E-state index in [4.69, 9.17) is 4.74 Å². The van der Waals surface area contributed by atoms with Gasteiger partial charge in [0, 0.05) is 36.6 Å². The van der Waals surface area contributed by atoms with Crippen molar-refractivity contribution >= 4 is 44.7 Å². The fourth-order valence-electron chi connectivity index (χ4n) is 3.93. The molecule has 0 saturated carbocycles. The zero-order chi connectivity index (χ0) is 25.3. The number of carbonyl (C=O) groups is 2. The Kier molecular flexibility index (Phi) is 8.75. The van der Waals surface area contributed by atoms with Gasteiger partial charge in [0.15, 0.2) is 10.8 Å². The van der Waals surface area contributed by atoms with Gasteiger partial charge >= 0.3 is 0 Å². The third kappa shape index (κ3) is 6.73. The van der Waals surface area contributed by atoms with Crippen LogP contribution in [0, 0.1) is 0 Å². The first kappa shape index (κ1) is 25.5. The highest BCUT2D eigenvalue weighted by Crippen LogP contribution is 2.31. The molecule has 0 aliphatic carbocycles. The average molecular weight is 509 g/mol. The van der Waals surface area contributed by atoms with Crippen molar-refractivity contribution in [3.05, 3.63) is 59.8 Å². The monoisotopic (exact) mass is 508 g/mol. The predicted molar refractivity (Wildman–Crippen MR) is 145 cm³/mol. The van der Waals surface area contributed by atoms with Crippen molar-refractivity contribution in [3.8, 4) is 5.75 Å². The zero-order valence-corrected chi connectivity index (χ0v) is 21.4. The van der Waals surface area contributed by atoms with E-state index < -0.39 is 0 Å². The van der Waals surface area contributed by atoms with Crippen LogP contribution in [0.3, 0.4) is 0 Å². The van der Waals surface area contributed by atoms with Gasteiger partial charge in [-0.2, -0.15) is 0 Å². The van der Waals surface area contributed by atoms with Crippen molar-refractivity contribution in [2.45, 2.75) is 19.8 Å². The predicted octanol–water partition coefficient (Wildman–Crippen LogP) is 4.41. The third-order valence-corrected chi connectivity index (χ3v) is 6.74. The van der Waals surface area contributed by atoms with Gasteiger partial charge in [-0.3, -0.25) is 9.59 Å². The number of amides is 2. The van der Waals surface area contributed by atoms with E-state index in [0.29, 0.717) is 22.2 Å². The van der Waals surface area contributed by atoms with Crippen LogP contribution in [0.25, 0.3) is 0 Å². The van der Waals surface area contributed by atoms with Crippen LogP contribution in [-0.4, -0.2) is 61.5 Å². The van der Waals surface area contributed by atoms with Crippen molar-refractivity contribution in [1.29, 1.82) is 0 Å². The van der Waals surface area contributed by atoms with Crippen LogP contribution in [0.4, 0.5) is 21.5 Å². The maximum absolute atomic E-state index is 13.0. The number of benzene rings is 2. The average Bonchev–Trinajstić information content (AvgIpc) is 3.55. The lowest BCUT2D eigenvalue weighted by Crippen LogP contribution is -2.26. The number of thiazole rings is 1. The van der Waals surface area contributed by atoms with Crippen molar-refractivity contribution in [1.82, 2.24) is 15.2 Å². The van der Waals surface area contributed by atoms with Gasteiger partial charge in [0.2, 0.25) is 0 Å². The summed E-state index contributed by atoms with van der Waals surface area (Å²) in [5.41, 5.74) is 2.43. The van der Waals surface area contributed by atoms with Crippen LogP contribution in [0.2, 0.25) is 0 Å². The van der Waals surface area contributed by atoms with Gasteiger partial charge in [-0.1, -0.05) is 11.3 Å². The van der Waals surface area contributed by atoms with E-state index >= 15 is 0 Å². The molecule has 0 atom stereocenters. The summed E-state index contributed by atoms with van der Waals surface area (Å²) >= 11 is 1.20. The molecule has 3 aromatic rings. The highest BCUT2D eigenvalue weighted by Gasteiger charge is 2.20. The quantitative estimate of drug-likeness (QED) is 0.304. The summed E-state index contributed by atoms with van der Waals surface area (Å²) in [4.78, 5) is 32.4. The number of hydrogen-bond donors (Lipinski definition) is 4. The lowest BCUT2D eigenvalue weighted by atomic mass is 10.2. The smallest absolute Gasteiger partial charge is 0.273 e. The van der Waals surface area contributed by atoms with Crippen LogP contribution < -0.4 is 26.0 Å². The zero-order valence-electron chi connectivity index (χ0n) is 20.6. The number of likely N-dealkylation sites (tertiary alicyclic amines) is 1. The van der Waals surface area contributed by atoms with E-state index in [9.17, 15) is 9.59 Å². The Morgan fingerprint density at radius 1 is 1.00 bits per heavy atom. The number of rotatable bonds is 11. The van der Waals surface area contributed by atoms with Gasteiger partial charge < -0.3 is 30.9 Å². The molecule has 4 N–H and O–H groups in total. The summed E-state index contributed by atoms with van der Waals surface area (Å²) in [5, 5.41) is 13.1. The largest absolute Gasteiger partial charge is 0.497 e. The van der Waals surface area contributed by atoms with Crippen molar-refractivity contribution in [2.24, 2.45) is 0 Å². The molecule has 0 bridgehead atoms. The number of ether oxygens (including phenoxy) is 1. The molecular weight excluding hydrogens is 476 g/mol. The molecule has 1 aliphatic rings. The molecule has 2 heterocycles. The molecule has 2 aromatic carbocycles. The van der Waals surface area contributed by atoms with Crippen LogP contribution >= 0.6 is 11.3 Å². The first-order valence-electron chi connectivity index (χ1n) is 12.1. The summed E-state index contributed by atoms with van der Waals surface area (Å²) in [5.74, 6) is 0.0941. The van der Waals surface area contributed by atoms with Crippen molar-refractivity contribution in [3.63, 3.8) is 0 Å². The Morgan fingerprint density at radius 3 is 2.36 bits per heavy atom. The van der Waals surface area contributed by atoms with Gasteiger partial charge in [0.1, 0.15) is 10.8 Å². The second kappa shape index (κ2) is 12.4. The van der Waals surface area contributed by atoms with Crippen molar-refractivity contribution < 1.29 is 14.3 Å². The number of nitrogens with one attached hydrogen (secondary N) is 4. The Bertz CT molecular complexity index is 1160. The van der Waals surface area contributed by atoms with E-state index in [1.54, 1.807) is 19.2 Å². The highest BCUT2D eigenvalue weighted by atomic mass is 32.1. The molecule has 9 nitrogen and oxygen atoms in total. The summed E-state index contributed by atoms with van der Waals surface area (Å²) in [6.07, 6.45) is 2.56. The Hall–Kier alpha value is -3.63. The molecule has 36 heavy (non-hydrogen) atoms. The third-order valence-electron chi connectivity index (χ3n) is 5.85. The first-order chi connectivity index (χ1) is 17.6. The molecule has 4 rings (SSSR count). The summed E-state index contributed by atoms with van der Waals surface area (Å²) in [6, 6.07) is 14.7. The lowest BCUT2D eigenvalue weighted by molar-refractivity contribution is 0.0952. The second-order valence-corrected chi connectivity index (χ2v) is 9.42. The minimum Gasteiger partial charge on any atom is -0.497 e. The molecule has 2 amide bonds. The normalized spacial score (nSPS) is 13.3. The maximum Gasteiger partial charge on any atom is 0.273 e. The molecule has 190 valence electrons. The molecule has 0 unspecified atom stereocenters. The maximum atomic E-state index is 13.0. The molecule has 10 heteroatoms. The fraction of sp³-hybridized carbons (Fsp3) is 0.346. The molecule has 1 saturated heterocycles. The standard InChI is InChI=1S/C26H32N6O3S/c1-3-27-24(34)22-25(36-26(30-22)29-20-10-12-21(35-2)13-11-20)31-23(33)18-6-8-19(9-7-18)28-14-17-32-15-4-5-16-32/h6-13,28H,3-5,14-17H2,1-2H3,(H,27,34)(H,29,30)(H,31,33).